The second kappa shape index (κ2) is 6.11. The lowest BCUT2D eigenvalue weighted by Gasteiger charge is -2.18. The van der Waals surface area contributed by atoms with E-state index in [9.17, 15) is 19.2 Å². The maximum absolute atomic E-state index is 12.6. The molecule has 4 rings (SSSR count). The van der Waals surface area contributed by atoms with Gasteiger partial charge in [-0.1, -0.05) is 42.5 Å². The Morgan fingerprint density at radius 1 is 0.731 bits per heavy atom. The predicted octanol–water partition coefficient (Wildman–Crippen LogP) is 1.58. The third-order valence-electron chi connectivity index (χ3n) is 4.58. The van der Waals surface area contributed by atoms with Gasteiger partial charge in [0.15, 0.2) is 0 Å². The summed E-state index contributed by atoms with van der Waals surface area (Å²) in [5.41, 5.74) is 1.38. The molecular weight excluding hydrogens is 334 g/mol. The molecule has 0 bridgehead atoms. The van der Waals surface area contributed by atoms with E-state index >= 15 is 0 Å². The van der Waals surface area contributed by atoms with Crippen molar-refractivity contribution in [3.8, 4) is 0 Å². The SMILES string of the molecule is O=C1NC(c2ccccc2)C(=O)N1CCN1C(=O)c2ccccc2C1=O. The number of nitrogens with one attached hydrogen (secondary N) is 1. The van der Waals surface area contributed by atoms with E-state index in [0.29, 0.717) is 16.7 Å². The summed E-state index contributed by atoms with van der Waals surface area (Å²) >= 11 is 0. The number of rotatable bonds is 4. The molecule has 1 atom stereocenters. The van der Waals surface area contributed by atoms with Gasteiger partial charge in [-0.3, -0.25) is 24.2 Å². The van der Waals surface area contributed by atoms with Crippen molar-refractivity contribution in [2.45, 2.75) is 6.04 Å². The Morgan fingerprint density at radius 3 is 1.88 bits per heavy atom. The summed E-state index contributed by atoms with van der Waals surface area (Å²) in [6, 6.07) is 14.2. The average molecular weight is 349 g/mol. The molecule has 130 valence electrons. The molecule has 7 heteroatoms. The Bertz CT molecular complexity index is 890. The van der Waals surface area contributed by atoms with Crippen molar-refractivity contribution in [2.75, 3.05) is 13.1 Å². The molecular formula is C19H15N3O4. The maximum atomic E-state index is 12.6. The van der Waals surface area contributed by atoms with Crippen molar-refractivity contribution in [3.05, 3.63) is 71.3 Å². The first-order valence-corrected chi connectivity index (χ1v) is 8.20. The van der Waals surface area contributed by atoms with Crippen LogP contribution in [0.15, 0.2) is 54.6 Å². The Balaban J connectivity index is 1.47. The summed E-state index contributed by atoms with van der Waals surface area (Å²) in [5.74, 6) is -1.20. The maximum Gasteiger partial charge on any atom is 0.325 e. The van der Waals surface area contributed by atoms with Gasteiger partial charge in [0.25, 0.3) is 17.7 Å². The summed E-state index contributed by atoms with van der Waals surface area (Å²) in [6.45, 7) is -0.0769. The minimum atomic E-state index is -0.745. The zero-order valence-electron chi connectivity index (χ0n) is 13.7. The van der Waals surface area contributed by atoms with Gasteiger partial charge >= 0.3 is 6.03 Å². The number of fused-ring (bicyclic) bond motifs is 1. The third-order valence-corrected chi connectivity index (χ3v) is 4.58. The van der Waals surface area contributed by atoms with Crippen molar-refractivity contribution < 1.29 is 19.2 Å². The predicted molar refractivity (Wildman–Crippen MR) is 91.2 cm³/mol. The monoisotopic (exact) mass is 349 g/mol. The van der Waals surface area contributed by atoms with Crippen LogP contribution in [-0.2, 0) is 4.79 Å². The van der Waals surface area contributed by atoms with Gasteiger partial charge in [-0.25, -0.2) is 4.79 Å². The van der Waals surface area contributed by atoms with Gasteiger partial charge in [0, 0.05) is 13.1 Å². The largest absolute Gasteiger partial charge is 0.325 e. The lowest BCUT2D eigenvalue weighted by Crippen LogP contribution is -2.41. The molecule has 0 radical (unpaired) electrons. The molecule has 0 spiro atoms. The van der Waals surface area contributed by atoms with Gasteiger partial charge in [-0.2, -0.15) is 0 Å². The Hall–Kier alpha value is -3.48. The molecule has 0 aromatic heterocycles. The second-order valence-corrected chi connectivity index (χ2v) is 6.09. The Kier molecular flexibility index (Phi) is 3.76. The number of hydrogen-bond acceptors (Lipinski definition) is 4. The minimum Gasteiger partial charge on any atom is -0.322 e. The zero-order chi connectivity index (χ0) is 18.3. The molecule has 1 saturated heterocycles. The first kappa shape index (κ1) is 16.0. The molecule has 2 aliphatic rings. The van der Waals surface area contributed by atoms with Crippen LogP contribution in [-0.4, -0.2) is 46.6 Å². The van der Waals surface area contributed by atoms with Crippen molar-refractivity contribution in [1.29, 1.82) is 0 Å². The molecule has 2 aromatic rings. The fourth-order valence-corrected chi connectivity index (χ4v) is 3.24. The second-order valence-electron chi connectivity index (χ2n) is 6.09. The summed E-state index contributed by atoms with van der Waals surface area (Å²) in [5, 5.41) is 2.63. The van der Waals surface area contributed by atoms with Crippen LogP contribution < -0.4 is 5.32 Å². The number of benzene rings is 2. The fourth-order valence-electron chi connectivity index (χ4n) is 3.24. The molecule has 0 saturated carbocycles. The fraction of sp³-hybridized carbons (Fsp3) is 0.158. The van der Waals surface area contributed by atoms with Gasteiger partial charge in [0.2, 0.25) is 0 Å². The number of hydrogen-bond donors (Lipinski definition) is 1. The van der Waals surface area contributed by atoms with E-state index < -0.39 is 29.8 Å². The van der Waals surface area contributed by atoms with Crippen LogP contribution in [0.1, 0.15) is 32.3 Å². The summed E-state index contributed by atoms with van der Waals surface area (Å²) < 4.78 is 0. The van der Waals surface area contributed by atoms with Crippen molar-refractivity contribution in [3.63, 3.8) is 0 Å². The number of imide groups is 2. The van der Waals surface area contributed by atoms with Crippen LogP contribution in [0.2, 0.25) is 0 Å². The van der Waals surface area contributed by atoms with Crippen molar-refractivity contribution >= 4 is 23.8 Å². The smallest absolute Gasteiger partial charge is 0.322 e. The van der Waals surface area contributed by atoms with E-state index in [4.69, 9.17) is 0 Å². The standard InChI is InChI=1S/C19H15N3O4/c23-16-13-8-4-5-9-14(13)17(24)21(16)10-11-22-18(25)15(20-19(22)26)12-6-2-1-3-7-12/h1-9,15H,10-11H2,(H,20,26). The number of nitrogens with zero attached hydrogens (tertiary/aromatic N) is 2. The topological polar surface area (TPSA) is 86.8 Å². The van der Waals surface area contributed by atoms with Gasteiger partial charge < -0.3 is 5.32 Å². The number of urea groups is 1. The highest BCUT2D eigenvalue weighted by molar-refractivity contribution is 6.21. The Labute approximate surface area is 149 Å². The third kappa shape index (κ3) is 2.45. The molecule has 1 unspecified atom stereocenters. The van der Waals surface area contributed by atoms with E-state index in [1.165, 1.54) is 0 Å². The van der Waals surface area contributed by atoms with Crippen LogP contribution in [0.5, 0.6) is 0 Å². The summed E-state index contributed by atoms with van der Waals surface area (Å²) in [6.07, 6.45) is 0. The summed E-state index contributed by atoms with van der Waals surface area (Å²) in [7, 11) is 0. The van der Waals surface area contributed by atoms with Gasteiger partial charge in [-0.15, -0.1) is 0 Å². The van der Waals surface area contributed by atoms with Crippen LogP contribution in [0.4, 0.5) is 4.79 Å². The number of carbonyl (C=O) groups is 4. The molecule has 26 heavy (non-hydrogen) atoms. The number of carbonyl (C=O) groups excluding carboxylic acids is 4. The zero-order valence-corrected chi connectivity index (χ0v) is 13.7. The molecule has 2 aromatic carbocycles. The van der Waals surface area contributed by atoms with Crippen LogP contribution >= 0.6 is 0 Å². The van der Waals surface area contributed by atoms with Crippen molar-refractivity contribution in [1.82, 2.24) is 15.1 Å². The molecule has 7 nitrogen and oxygen atoms in total. The van der Waals surface area contributed by atoms with Crippen molar-refractivity contribution in [2.24, 2.45) is 0 Å². The molecule has 0 aliphatic carbocycles. The average Bonchev–Trinajstić information content (AvgIpc) is 3.09. The van der Waals surface area contributed by atoms with Crippen LogP contribution in [0.25, 0.3) is 0 Å². The highest BCUT2D eigenvalue weighted by Gasteiger charge is 2.40. The quantitative estimate of drug-likeness (QED) is 0.671. The highest BCUT2D eigenvalue weighted by Crippen LogP contribution is 2.24. The normalized spacial score (nSPS) is 19.2. The molecule has 2 aliphatic heterocycles. The molecule has 2 heterocycles. The summed E-state index contributed by atoms with van der Waals surface area (Å²) in [4.78, 5) is 51.6. The number of amides is 5. The first-order chi connectivity index (χ1) is 12.6. The molecule has 1 N–H and O–H groups in total. The van der Waals surface area contributed by atoms with Crippen LogP contribution in [0.3, 0.4) is 0 Å². The first-order valence-electron chi connectivity index (χ1n) is 8.20. The minimum absolute atomic E-state index is 0.0347. The lowest BCUT2D eigenvalue weighted by atomic mass is 10.1. The van der Waals surface area contributed by atoms with E-state index in [0.717, 1.165) is 9.80 Å². The van der Waals surface area contributed by atoms with E-state index in [1.54, 1.807) is 48.5 Å². The van der Waals surface area contributed by atoms with Crippen LogP contribution in [0, 0.1) is 0 Å². The highest BCUT2D eigenvalue weighted by atomic mass is 16.2. The Morgan fingerprint density at radius 2 is 1.27 bits per heavy atom. The molecule has 1 fully saturated rings. The van der Waals surface area contributed by atoms with E-state index in [2.05, 4.69) is 5.32 Å². The van der Waals surface area contributed by atoms with Gasteiger partial charge in [0.1, 0.15) is 6.04 Å². The van der Waals surface area contributed by atoms with Gasteiger partial charge in [-0.05, 0) is 17.7 Å². The molecule has 5 amide bonds. The lowest BCUT2D eigenvalue weighted by molar-refractivity contribution is -0.127. The van der Waals surface area contributed by atoms with Gasteiger partial charge in [0.05, 0.1) is 11.1 Å². The van der Waals surface area contributed by atoms with E-state index in [1.807, 2.05) is 6.07 Å². The van der Waals surface area contributed by atoms with E-state index in [-0.39, 0.29) is 13.1 Å².